The number of amides is 2. The molecule has 130 valence electrons. The van der Waals surface area contributed by atoms with Crippen LogP contribution in [-0.2, 0) is 9.53 Å². The van der Waals surface area contributed by atoms with Crippen LogP contribution in [-0.4, -0.2) is 37.2 Å². The predicted octanol–water partition coefficient (Wildman–Crippen LogP) is 3.38. The average Bonchev–Trinajstić information content (AvgIpc) is 2.54. The van der Waals surface area contributed by atoms with Gasteiger partial charge < -0.3 is 14.8 Å². The summed E-state index contributed by atoms with van der Waals surface area (Å²) >= 11 is 3.42. The maximum atomic E-state index is 12.5. The molecule has 1 aliphatic heterocycles. The Morgan fingerprint density at radius 2 is 2.08 bits per heavy atom. The van der Waals surface area contributed by atoms with Gasteiger partial charge in [-0.15, -0.1) is 0 Å². The molecule has 0 aliphatic carbocycles. The second kappa shape index (κ2) is 7.70. The highest BCUT2D eigenvalue weighted by atomic mass is 79.9. The van der Waals surface area contributed by atoms with E-state index in [0.717, 1.165) is 4.47 Å². The van der Waals surface area contributed by atoms with Crippen LogP contribution in [0.4, 0.5) is 4.79 Å². The fourth-order valence-corrected chi connectivity index (χ4v) is 3.18. The third-order valence-electron chi connectivity index (χ3n) is 3.91. The Morgan fingerprint density at radius 3 is 2.67 bits per heavy atom. The molecule has 24 heavy (non-hydrogen) atoms. The van der Waals surface area contributed by atoms with E-state index in [1.807, 2.05) is 19.1 Å². The van der Waals surface area contributed by atoms with Crippen LogP contribution in [0, 0.1) is 0 Å². The highest BCUT2D eigenvalue weighted by Gasteiger charge is 2.37. The third kappa shape index (κ3) is 3.40. The molecule has 1 aliphatic rings. The molecule has 2 amide bonds. The van der Waals surface area contributed by atoms with Crippen LogP contribution in [0.25, 0.3) is 0 Å². The molecular formula is C17H21BrN2O4. The molecule has 1 atom stereocenters. The van der Waals surface area contributed by atoms with Crippen molar-refractivity contribution in [3.8, 4) is 5.75 Å². The fraction of sp³-hybridized carbons (Fsp3) is 0.412. The molecule has 0 saturated heterocycles. The number of hydrogen-bond acceptors (Lipinski definition) is 4. The van der Waals surface area contributed by atoms with Crippen LogP contribution in [0.5, 0.6) is 5.75 Å². The number of carbonyl (C=O) groups excluding carboxylic acids is 2. The Bertz CT molecular complexity index is 687. The zero-order valence-corrected chi connectivity index (χ0v) is 15.8. The Balaban J connectivity index is 2.62. The smallest absolute Gasteiger partial charge is 0.338 e. The number of nitrogens with one attached hydrogen (secondary N) is 1. The fourth-order valence-electron chi connectivity index (χ4n) is 2.80. The molecule has 0 bridgehead atoms. The maximum absolute atomic E-state index is 12.5. The van der Waals surface area contributed by atoms with Gasteiger partial charge in [-0.25, -0.2) is 9.59 Å². The summed E-state index contributed by atoms with van der Waals surface area (Å²) in [5.41, 5.74) is 1.69. The number of allylic oxidation sites excluding steroid dienone is 1. The lowest BCUT2D eigenvalue weighted by atomic mass is 9.94. The predicted molar refractivity (Wildman–Crippen MR) is 93.7 cm³/mol. The first kappa shape index (κ1) is 18.3. The van der Waals surface area contributed by atoms with Crippen molar-refractivity contribution >= 4 is 27.9 Å². The molecular weight excluding hydrogens is 376 g/mol. The van der Waals surface area contributed by atoms with E-state index in [0.29, 0.717) is 29.1 Å². The van der Waals surface area contributed by atoms with Gasteiger partial charge in [-0.05, 0) is 39.0 Å². The lowest BCUT2D eigenvalue weighted by molar-refractivity contribution is -0.139. The standard InChI is InChI=1S/C17H21BrN2O4/c1-5-20-10(3)14(16(21)24-6-2)15(19-17(20)22)12-9-11(18)7-8-13(12)23-4/h7-9,15H,5-6H2,1-4H3,(H,19,22)/t15-/m0/s1. The summed E-state index contributed by atoms with van der Waals surface area (Å²) in [5.74, 6) is 0.142. The Hall–Kier alpha value is -2.02. The molecule has 7 heteroatoms. The molecule has 0 fully saturated rings. The van der Waals surface area contributed by atoms with Crippen LogP contribution < -0.4 is 10.1 Å². The number of methoxy groups -OCH3 is 1. The van der Waals surface area contributed by atoms with Gasteiger partial charge in [0.15, 0.2) is 0 Å². The highest BCUT2D eigenvalue weighted by molar-refractivity contribution is 9.10. The molecule has 1 N–H and O–H groups in total. The van der Waals surface area contributed by atoms with E-state index in [4.69, 9.17) is 9.47 Å². The number of ether oxygens (including phenoxy) is 2. The molecule has 1 aromatic rings. The number of nitrogens with zero attached hydrogens (tertiary/aromatic N) is 1. The van der Waals surface area contributed by atoms with Crippen LogP contribution in [0.2, 0.25) is 0 Å². The normalized spacial score (nSPS) is 17.6. The van der Waals surface area contributed by atoms with Crippen LogP contribution in [0.1, 0.15) is 32.4 Å². The minimum atomic E-state index is -0.633. The zero-order chi connectivity index (χ0) is 17.9. The molecule has 1 aromatic carbocycles. The molecule has 0 radical (unpaired) electrons. The monoisotopic (exact) mass is 396 g/mol. The first-order valence-electron chi connectivity index (χ1n) is 7.73. The topological polar surface area (TPSA) is 67.9 Å². The van der Waals surface area contributed by atoms with Crippen molar-refractivity contribution in [2.24, 2.45) is 0 Å². The summed E-state index contributed by atoms with van der Waals surface area (Å²) in [4.78, 5) is 26.5. The molecule has 1 heterocycles. The molecule has 0 aromatic heterocycles. The van der Waals surface area contributed by atoms with Gasteiger partial charge in [0.25, 0.3) is 0 Å². The van der Waals surface area contributed by atoms with Crippen LogP contribution >= 0.6 is 15.9 Å². The van der Waals surface area contributed by atoms with E-state index in [1.54, 1.807) is 27.0 Å². The van der Waals surface area contributed by atoms with E-state index < -0.39 is 12.0 Å². The van der Waals surface area contributed by atoms with Crippen LogP contribution in [0.3, 0.4) is 0 Å². The minimum Gasteiger partial charge on any atom is -0.496 e. The number of benzene rings is 1. The molecule has 0 saturated carbocycles. The Kier molecular flexibility index (Phi) is 5.88. The quantitative estimate of drug-likeness (QED) is 0.774. The largest absolute Gasteiger partial charge is 0.496 e. The van der Waals surface area contributed by atoms with E-state index >= 15 is 0 Å². The molecule has 0 unspecified atom stereocenters. The number of halogens is 1. The van der Waals surface area contributed by atoms with E-state index in [9.17, 15) is 9.59 Å². The van der Waals surface area contributed by atoms with Crippen molar-refractivity contribution in [2.45, 2.75) is 26.8 Å². The van der Waals surface area contributed by atoms with Crippen molar-refractivity contribution in [1.82, 2.24) is 10.2 Å². The summed E-state index contributed by atoms with van der Waals surface area (Å²) < 4.78 is 11.4. The van der Waals surface area contributed by atoms with E-state index in [-0.39, 0.29) is 12.6 Å². The highest BCUT2D eigenvalue weighted by Crippen LogP contribution is 2.37. The second-order valence-corrected chi connectivity index (χ2v) is 6.15. The summed E-state index contributed by atoms with van der Waals surface area (Å²) in [6.07, 6.45) is 0. The number of carbonyl (C=O) groups is 2. The number of urea groups is 1. The van der Waals surface area contributed by atoms with Gasteiger partial charge in [0, 0.05) is 22.3 Å². The number of rotatable bonds is 5. The number of hydrogen-bond donors (Lipinski definition) is 1. The van der Waals surface area contributed by atoms with Crippen molar-refractivity contribution in [3.63, 3.8) is 0 Å². The molecule has 0 spiro atoms. The van der Waals surface area contributed by atoms with Crippen LogP contribution in [0.15, 0.2) is 33.9 Å². The summed E-state index contributed by atoms with van der Waals surface area (Å²) in [6, 6.07) is 4.57. The van der Waals surface area contributed by atoms with Crippen molar-refractivity contribution in [1.29, 1.82) is 0 Å². The van der Waals surface area contributed by atoms with Crippen molar-refractivity contribution < 1.29 is 19.1 Å². The van der Waals surface area contributed by atoms with Gasteiger partial charge in [0.1, 0.15) is 5.75 Å². The Labute approximate surface area is 149 Å². The van der Waals surface area contributed by atoms with E-state index in [1.165, 1.54) is 4.90 Å². The zero-order valence-electron chi connectivity index (χ0n) is 14.2. The first-order chi connectivity index (χ1) is 11.4. The Morgan fingerprint density at radius 1 is 1.38 bits per heavy atom. The van der Waals surface area contributed by atoms with E-state index in [2.05, 4.69) is 21.2 Å². The average molecular weight is 397 g/mol. The van der Waals surface area contributed by atoms with Crippen molar-refractivity contribution in [2.75, 3.05) is 20.3 Å². The SMILES string of the molecule is CCOC(=O)C1=C(C)N(CC)C(=O)N[C@H]1c1cc(Br)ccc1OC. The van der Waals surface area contributed by atoms with Gasteiger partial charge in [-0.3, -0.25) is 4.90 Å². The molecule has 2 rings (SSSR count). The minimum absolute atomic E-state index is 0.255. The molecule has 6 nitrogen and oxygen atoms in total. The lowest BCUT2D eigenvalue weighted by Crippen LogP contribution is -2.48. The summed E-state index contributed by atoms with van der Waals surface area (Å²) in [6.45, 7) is 6.08. The van der Waals surface area contributed by atoms with Gasteiger partial charge >= 0.3 is 12.0 Å². The third-order valence-corrected chi connectivity index (χ3v) is 4.40. The number of esters is 1. The first-order valence-corrected chi connectivity index (χ1v) is 8.53. The lowest BCUT2D eigenvalue weighted by Gasteiger charge is -2.35. The van der Waals surface area contributed by atoms with Gasteiger partial charge in [0.2, 0.25) is 0 Å². The van der Waals surface area contributed by atoms with Gasteiger partial charge in [-0.1, -0.05) is 15.9 Å². The van der Waals surface area contributed by atoms with Gasteiger partial charge in [-0.2, -0.15) is 0 Å². The maximum Gasteiger partial charge on any atom is 0.338 e. The second-order valence-electron chi connectivity index (χ2n) is 5.23. The van der Waals surface area contributed by atoms with Crippen molar-refractivity contribution in [3.05, 3.63) is 39.5 Å². The summed E-state index contributed by atoms with van der Waals surface area (Å²) in [5, 5.41) is 2.88. The summed E-state index contributed by atoms with van der Waals surface area (Å²) in [7, 11) is 1.55. The van der Waals surface area contributed by atoms with Gasteiger partial charge in [0.05, 0.1) is 25.3 Å².